The molecule has 0 radical (unpaired) electrons. The number of sulfonamides is 1. The molecule has 10 heteroatoms. The quantitative estimate of drug-likeness (QED) is 0.263. The van der Waals surface area contributed by atoms with E-state index in [-0.39, 0.29) is 42.4 Å². The van der Waals surface area contributed by atoms with Gasteiger partial charge < -0.3 is 19.9 Å². The van der Waals surface area contributed by atoms with Crippen LogP contribution >= 0.6 is 24.0 Å². The van der Waals surface area contributed by atoms with Gasteiger partial charge in [-0.3, -0.25) is 4.99 Å². The molecule has 1 N–H and O–H groups in total. The third-order valence-corrected chi connectivity index (χ3v) is 7.40. The van der Waals surface area contributed by atoms with Gasteiger partial charge in [-0.25, -0.2) is 8.42 Å². The van der Waals surface area contributed by atoms with Crippen molar-refractivity contribution in [2.24, 2.45) is 10.9 Å². The van der Waals surface area contributed by atoms with Crippen molar-refractivity contribution < 1.29 is 13.2 Å². The van der Waals surface area contributed by atoms with Crippen LogP contribution in [-0.4, -0.2) is 106 Å². The smallest absolute Gasteiger partial charge is 0.216 e. The van der Waals surface area contributed by atoms with Crippen LogP contribution < -0.4 is 5.32 Å². The minimum Gasteiger partial charge on any atom is -0.378 e. The maximum absolute atomic E-state index is 12.5. The molecule has 0 bridgehead atoms. The molecule has 0 saturated carbocycles. The molecule has 1 atom stereocenters. The number of aliphatic imine (C=N–C) groups is 1. The Hall–Kier alpha value is -0.170. The van der Waals surface area contributed by atoms with Gasteiger partial charge in [-0.05, 0) is 45.7 Å². The number of halogens is 1. The monoisotopic (exact) mass is 559 g/mol. The van der Waals surface area contributed by atoms with Gasteiger partial charge in [-0.2, -0.15) is 4.31 Å². The van der Waals surface area contributed by atoms with Crippen molar-refractivity contribution in [3.63, 3.8) is 0 Å². The predicted molar refractivity (Wildman–Crippen MR) is 134 cm³/mol. The van der Waals surface area contributed by atoms with Crippen LogP contribution in [0.4, 0.5) is 0 Å². The van der Waals surface area contributed by atoms with E-state index < -0.39 is 10.0 Å². The van der Waals surface area contributed by atoms with E-state index in [1.807, 2.05) is 13.8 Å². The largest absolute Gasteiger partial charge is 0.378 e. The highest BCUT2D eigenvalue weighted by Crippen LogP contribution is 2.11. The number of likely N-dealkylation sites (tertiary alicyclic amines) is 1. The second-order valence-electron chi connectivity index (χ2n) is 8.52. The number of piperidine rings is 1. The molecule has 0 aliphatic carbocycles. The van der Waals surface area contributed by atoms with Crippen LogP contribution in [0.3, 0.4) is 0 Å². The standard InChI is InChI=1S/C20H41N5O3S.HI/c1-18(2)28-14-15-29(26,27)25-12-10-24(11-13-25)20(21-4)22-16-19(3)17-23-8-6-5-7-9-23;/h18-19H,5-17H2,1-4H3,(H,21,22);1H. The fourth-order valence-corrected chi connectivity index (χ4v) is 5.23. The van der Waals surface area contributed by atoms with Crippen molar-refractivity contribution in [2.45, 2.75) is 46.1 Å². The van der Waals surface area contributed by atoms with Crippen molar-refractivity contribution in [2.75, 3.05) is 71.8 Å². The molecule has 2 aliphatic heterocycles. The molecule has 1 unspecified atom stereocenters. The Kier molecular flexibility index (Phi) is 13.1. The van der Waals surface area contributed by atoms with E-state index in [2.05, 4.69) is 27.0 Å². The first-order valence-corrected chi connectivity index (χ1v) is 12.7. The molecule has 0 aromatic rings. The van der Waals surface area contributed by atoms with Crippen molar-refractivity contribution in [3.8, 4) is 0 Å². The molecule has 2 rings (SSSR count). The summed E-state index contributed by atoms with van der Waals surface area (Å²) in [5.74, 6) is 1.47. The third-order valence-electron chi connectivity index (χ3n) is 5.56. The Morgan fingerprint density at radius 1 is 1.03 bits per heavy atom. The van der Waals surface area contributed by atoms with Crippen LogP contribution in [0.15, 0.2) is 4.99 Å². The number of hydrogen-bond donors (Lipinski definition) is 1. The van der Waals surface area contributed by atoms with Crippen LogP contribution in [-0.2, 0) is 14.8 Å². The highest BCUT2D eigenvalue weighted by molar-refractivity contribution is 14.0. The SMILES string of the molecule is CN=C(NCC(C)CN1CCCCC1)N1CCN(S(=O)(=O)CCOC(C)C)CC1.I. The van der Waals surface area contributed by atoms with Gasteiger partial charge in [-0.1, -0.05) is 13.3 Å². The summed E-state index contributed by atoms with van der Waals surface area (Å²) in [4.78, 5) is 9.13. The Bertz CT molecular complexity index is 604. The fourth-order valence-electron chi connectivity index (χ4n) is 3.94. The Morgan fingerprint density at radius 2 is 1.67 bits per heavy atom. The molecule has 2 fully saturated rings. The maximum Gasteiger partial charge on any atom is 0.216 e. The molecule has 0 amide bonds. The van der Waals surface area contributed by atoms with Gasteiger partial charge in [0.15, 0.2) is 5.96 Å². The summed E-state index contributed by atoms with van der Waals surface area (Å²) in [6, 6.07) is 0. The number of piperazine rings is 1. The highest BCUT2D eigenvalue weighted by Gasteiger charge is 2.28. The van der Waals surface area contributed by atoms with Crippen LogP contribution in [0.5, 0.6) is 0 Å². The van der Waals surface area contributed by atoms with E-state index in [4.69, 9.17) is 4.74 Å². The first kappa shape index (κ1) is 27.9. The van der Waals surface area contributed by atoms with Crippen LogP contribution in [0, 0.1) is 5.92 Å². The van der Waals surface area contributed by atoms with Gasteiger partial charge in [0.05, 0.1) is 18.5 Å². The summed E-state index contributed by atoms with van der Waals surface area (Å²) < 4.78 is 32.0. The molecule has 2 saturated heterocycles. The number of nitrogens with one attached hydrogen (secondary N) is 1. The molecule has 30 heavy (non-hydrogen) atoms. The van der Waals surface area contributed by atoms with Gasteiger partial charge in [0.2, 0.25) is 10.0 Å². The number of nitrogens with zero attached hydrogens (tertiary/aromatic N) is 4. The predicted octanol–water partition coefficient (Wildman–Crippen LogP) is 1.67. The van der Waals surface area contributed by atoms with E-state index in [0.29, 0.717) is 32.1 Å². The average molecular weight is 560 g/mol. The first-order valence-electron chi connectivity index (χ1n) is 11.1. The minimum absolute atomic E-state index is 0. The summed E-state index contributed by atoms with van der Waals surface area (Å²) >= 11 is 0. The lowest BCUT2D eigenvalue weighted by molar-refractivity contribution is 0.0904. The van der Waals surface area contributed by atoms with Crippen molar-refractivity contribution in [1.82, 2.24) is 19.4 Å². The van der Waals surface area contributed by atoms with Gasteiger partial charge in [0.1, 0.15) is 0 Å². The maximum atomic E-state index is 12.5. The zero-order valence-electron chi connectivity index (χ0n) is 19.2. The van der Waals surface area contributed by atoms with Gasteiger partial charge in [0.25, 0.3) is 0 Å². The molecular weight excluding hydrogens is 517 g/mol. The molecule has 2 heterocycles. The van der Waals surface area contributed by atoms with E-state index in [1.165, 1.54) is 32.4 Å². The number of ether oxygens (including phenoxy) is 1. The summed E-state index contributed by atoms with van der Waals surface area (Å²) in [6.07, 6.45) is 4.05. The van der Waals surface area contributed by atoms with E-state index in [1.54, 1.807) is 11.4 Å². The van der Waals surface area contributed by atoms with Gasteiger partial charge in [-0.15, -0.1) is 24.0 Å². The second-order valence-corrected chi connectivity index (χ2v) is 10.6. The number of rotatable bonds is 9. The van der Waals surface area contributed by atoms with Gasteiger partial charge in [0, 0.05) is 46.3 Å². The zero-order valence-corrected chi connectivity index (χ0v) is 22.3. The Balaban J connectivity index is 0.00000450. The Labute approximate surface area is 200 Å². The van der Waals surface area contributed by atoms with E-state index >= 15 is 0 Å². The second kappa shape index (κ2) is 14.1. The normalized spacial score (nSPS) is 20.8. The van der Waals surface area contributed by atoms with Crippen molar-refractivity contribution in [1.29, 1.82) is 0 Å². The molecule has 0 aromatic heterocycles. The molecule has 0 aromatic carbocycles. The topological polar surface area (TPSA) is 77.5 Å². The van der Waals surface area contributed by atoms with Crippen molar-refractivity contribution in [3.05, 3.63) is 0 Å². The zero-order chi connectivity index (χ0) is 21.3. The van der Waals surface area contributed by atoms with E-state index in [9.17, 15) is 8.42 Å². The van der Waals surface area contributed by atoms with E-state index in [0.717, 1.165) is 19.0 Å². The highest BCUT2D eigenvalue weighted by atomic mass is 127. The lowest BCUT2D eigenvalue weighted by atomic mass is 10.1. The lowest BCUT2D eigenvalue weighted by Gasteiger charge is -2.36. The van der Waals surface area contributed by atoms with Crippen molar-refractivity contribution >= 4 is 40.0 Å². The van der Waals surface area contributed by atoms with Crippen LogP contribution in [0.1, 0.15) is 40.0 Å². The van der Waals surface area contributed by atoms with Crippen LogP contribution in [0.2, 0.25) is 0 Å². The summed E-state index contributed by atoms with van der Waals surface area (Å²) in [7, 11) is -1.47. The van der Waals surface area contributed by atoms with Crippen LogP contribution in [0.25, 0.3) is 0 Å². The summed E-state index contributed by atoms with van der Waals surface area (Å²) in [5, 5.41) is 3.49. The number of hydrogen-bond acceptors (Lipinski definition) is 5. The molecular formula is C20H42IN5O3S. The number of guanidine groups is 1. The molecule has 8 nitrogen and oxygen atoms in total. The van der Waals surface area contributed by atoms with Gasteiger partial charge >= 0.3 is 0 Å². The summed E-state index contributed by atoms with van der Waals surface area (Å²) in [5.41, 5.74) is 0. The minimum atomic E-state index is -3.26. The first-order chi connectivity index (χ1) is 13.8. The average Bonchev–Trinajstić information content (AvgIpc) is 2.69. The molecule has 178 valence electrons. The summed E-state index contributed by atoms with van der Waals surface area (Å²) in [6.45, 7) is 13.1. The Morgan fingerprint density at radius 3 is 2.23 bits per heavy atom. The molecule has 0 spiro atoms. The lowest BCUT2D eigenvalue weighted by Crippen LogP contribution is -2.54. The fraction of sp³-hybridized carbons (Fsp3) is 0.950. The molecule has 2 aliphatic rings. The third kappa shape index (κ3) is 9.54.